The molecule has 0 spiro atoms. The van der Waals surface area contributed by atoms with Crippen LogP contribution >= 0.6 is 12.6 Å². The van der Waals surface area contributed by atoms with Gasteiger partial charge in [-0.25, -0.2) is 0 Å². The lowest BCUT2D eigenvalue weighted by Crippen LogP contribution is -2.25. The van der Waals surface area contributed by atoms with Crippen LogP contribution in [-0.4, -0.2) is 30.5 Å². The third-order valence-electron chi connectivity index (χ3n) is 0.981. The first kappa shape index (κ1) is 10.2. The highest BCUT2D eigenvalue weighted by Gasteiger charge is 2.07. The summed E-state index contributed by atoms with van der Waals surface area (Å²) < 4.78 is 28.5. The molecule has 4 nitrogen and oxygen atoms in total. The molecule has 0 aromatic rings. The number of rotatable bonds is 4. The molecule has 0 aliphatic heterocycles. The molecule has 0 saturated heterocycles. The van der Waals surface area contributed by atoms with E-state index >= 15 is 0 Å². The van der Waals surface area contributed by atoms with Gasteiger partial charge in [0.1, 0.15) is 0 Å². The average molecular weight is 185 g/mol. The Morgan fingerprint density at radius 3 is 2.40 bits per heavy atom. The van der Waals surface area contributed by atoms with Crippen molar-refractivity contribution in [2.75, 3.05) is 11.5 Å². The van der Waals surface area contributed by atoms with Gasteiger partial charge in [-0.2, -0.15) is 21.0 Å². The fourth-order valence-electron chi connectivity index (χ4n) is 0.392. The smallest absolute Gasteiger partial charge is 0.264 e. The summed E-state index contributed by atoms with van der Waals surface area (Å²) in [6, 6.07) is -0.259. The quantitative estimate of drug-likeness (QED) is 0.408. The number of thiol groups is 1. The Bertz CT molecular complexity index is 177. The highest BCUT2D eigenvalue weighted by Crippen LogP contribution is 1.94. The fraction of sp³-hybridized carbons (Fsp3) is 1.00. The number of hydrogen-bond acceptors (Lipinski definition) is 4. The molecule has 0 fully saturated rings. The molecule has 0 amide bonds. The summed E-state index contributed by atoms with van der Waals surface area (Å²) in [6.45, 7) is 0. The van der Waals surface area contributed by atoms with Crippen LogP contribution in [0, 0.1) is 0 Å². The zero-order valence-corrected chi connectivity index (χ0v) is 7.11. The summed E-state index contributed by atoms with van der Waals surface area (Å²) in [5, 5.41) is 0. The molecular weight excluding hydrogens is 174 g/mol. The van der Waals surface area contributed by atoms with E-state index in [4.69, 9.17) is 10.3 Å². The first-order valence-corrected chi connectivity index (χ1v) is 5.01. The average Bonchev–Trinajstić information content (AvgIpc) is 1.81. The van der Waals surface area contributed by atoms with Crippen LogP contribution < -0.4 is 5.73 Å². The number of hydrogen-bond donors (Lipinski definition) is 3. The minimum Gasteiger partial charge on any atom is -0.327 e. The van der Waals surface area contributed by atoms with Crippen molar-refractivity contribution in [2.24, 2.45) is 5.73 Å². The lowest BCUT2D eigenvalue weighted by molar-refractivity contribution is 0.478. The van der Waals surface area contributed by atoms with Gasteiger partial charge in [0.05, 0.1) is 5.75 Å². The Morgan fingerprint density at radius 2 is 2.10 bits per heavy atom. The summed E-state index contributed by atoms with van der Waals surface area (Å²) in [6.07, 6.45) is 0.252. The summed E-state index contributed by atoms with van der Waals surface area (Å²) in [4.78, 5) is 0. The van der Waals surface area contributed by atoms with Gasteiger partial charge in [-0.15, -0.1) is 0 Å². The van der Waals surface area contributed by atoms with Crippen molar-refractivity contribution in [1.82, 2.24) is 0 Å². The first-order chi connectivity index (χ1) is 4.45. The van der Waals surface area contributed by atoms with Crippen molar-refractivity contribution < 1.29 is 13.0 Å². The second-order valence-electron chi connectivity index (χ2n) is 2.02. The first-order valence-electron chi connectivity index (χ1n) is 2.77. The van der Waals surface area contributed by atoms with E-state index in [1.807, 2.05) is 0 Å². The van der Waals surface area contributed by atoms with E-state index in [-0.39, 0.29) is 18.2 Å². The van der Waals surface area contributed by atoms with Gasteiger partial charge in [-0.3, -0.25) is 4.55 Å². The summed E-state index contributed by atoms with van der Waals surface area (Å²) in [5.41, 5.74) is 5.33. The van der Waals surface area contributed by atoms with Gasteiger partial charge in [0, 0.05) is 11.8 Å². The van der Waals surface area contributed by atoms with Gasteiger partial charge in [0.15, 0.2) is 0 Å². The van der Waals surface area contributed by atoms with Crippen LogP contribution in [0.1, 0.15) is 6.42 Å². The van der Waals surface area contributed by atoms with Crippen LogP contribution in [0.2, 0.25) is 0 Å². The molecule has 3 N–H and O–H groups in total. The van der Waals surface area contributed by atoms with E-state index in [1.54, 1.807) is 0 Å². The van der Waals surface area contributed by atoms with Crippen LogP contribution in [0.25, 0.3) is 0 Å². The molecular formula is C4H11NO3S2. The summed E-state index contributed by atoms with van der Waals surface area (Å²) in [5.74, 6) is 0.143. The predicted molar refractivity (Wildman–Crippen MR) is 42.9 cm³/mol. The van der Waals surface area contributed by atoms with Crippen molar-refractivity contribution in [2.45, 2.75) is 12.5 Å². The van der Waals surface area contributed by atoms with Gasteiger partial charge in [-0.05, 0) is 6.42 Å². The maximum atomic E-state index is 10.1. The van der Waals surface area contributed by atoms with E-state index in [0.717, 1.165) is 0 Å². The van der Waals surface area contributed by atoms with Crippen molar-refractivity contribution in [1.29, 1.82) is 0 Å². The van der Waals surface area contributed by atoms with E-state index in [2.05, 4.69) is 12.6 Å². The molecule has 0 aromatic carbocycles. The topological polar surface area (TPSA) is 80.4 Å². The maximum Gasteiger partial charge on any atom is 0.264 e. The molecule has 0 rings (SSSR count). The Kier molecular flexibility index (Phi) is 4.26. The molecule has 62 valence electrons. The molecule has 0 unspecified atom stereocenters. The van der Waals surface area contributed by atoms with Crippen LogP contribution in [-0.2, 0) is 10.1 Å². The van der Waals surface area contributed by atoms with Crippen molar-refractivity contribution in [3.8, 4) is 0 Å². The summed E-state index contributed by atoms with van der Waals surface area (Å²) in [7, 11) is -3.84. The monoisotopic (exact) mass is 185 g/mol. The van der Waals surface area contributed by atoms with E-state index in [9.17, 15) is 8.42 Å². The maximum absolute atomic E-state index is 10.1. The second kappa shape index (κ2) is 4.17. The van der Waals surface area contributed by atoms with E-state index in [0.29, 0.717) is 5.75 Å². The molecule has 6 heteroatoms. The van der Waals surface area contributed by atoms with E-state index in [1.165, 1.54) is 0 Å². The minimum absolute atomic E-state index is 0.252. The molecule has 0 aromatic heterocycles. The highest BCUT2D eigenvalue weighted by molar-refractivity contribution is 7.85. The van der Waals surface area contributed by atoms with E-state index < -0.39 is 10.1 Å². The van der Waals surface area contributed by atoms with Gasteiger partial charge in [0.25, 0.3) is 10.1 Å². The molecule has 0 aliphatic rings. The molecule has 0 saturated carbocycles. The molecule has 0 heterocycles. The third-order valence-corrected chi connectivity index (χ3v) is 2.20. The Hall–Kier alpha value is 0.220. The van der Waals surface area contributed by atoms with Gasteiger partial charge in [-0.1, -0.05) is 0 Å². The predicted octanol–water partition coefficient (Wildman–Crippen LogP) is -0.479. The number of nitrogens with two attached hydrogens (primary N) is 1. The molecule has 1 atom stereocenters. The van der Waals surface area contributed by atoms with Crippen LogP contribution in [0.5, 0.6) is 0 Å². The van der Waals surface area contributed by atoms with Gasteiger partial charge < -0.3 is 5.73 Å². The summed E-state index contributed by atoms with van der Waals surface area (Å²) >= 11 is 3.84. The molecule has 10 heavy (non-hydrogen) atoms. The zero-order valence-electron chi connectivity index (χ0n) is 5.40. The molecule has 0 aliphatic carbocycles. The third kappa shape index (κ3) is 6.34. The normalized spacial score (nSPS) is 15.1. The van der Waals surface area contributed by atoms with Crippen molar-refractivity contribution in [3.05, 3.63) is 0 Å². The molecule has 0 bridgehead atoms. The fourth-order valence-corrected chi connectivity index (χ4v) is 1.17. The van der Waals surface area contributed by atoms with Gasteiger partial charge >= 0.3 is 0 Å². The minimum atomic E-state index is -3.84. The Balaban J connectivity index is 3.56. The zero-order chi connectivity index (χ0) is 8.20. The standard InChI is InChI=1S/C4H11NO3S2/c5-4(3-9)1-2-10(6,7)8/h4,9H,1-3,5H2,(H,6,7,8)/t4-/m0/s1. The largest absolute Gasteiger partial charge is 0.327 e. The van der Waals surface area contributed by atoms with Crippen molar-refractivity contribution in [3.63, 3.8) is 0 Å². The van der Waals surface area contributed by atoms with Gasteiger partial charge in [0.2, 0.25) is 0 Å². The lowest BCUT2D eigenvalue weighted by Gasteiger charge is -2.04. The molecule has 0 radical (unpaired) electrons. The second-order valence-corrected chi connectivity index (χ2v) is 3.95. The van der Waals surface area contributed by atoms with Crippen LogP contribution in [0.4, 0.5) is 0 Å². The SMILES string of the molecule is N[C@H](CS)CCS(=O)(=O)O. The van der Waals surface area contributed by atoms with Crippen LogP contribution in [0.15, 0.2) is 0 Å². The highest BCUT2D eigenvalue weighted by atomic mass is 32.2. The lowest BCUT2D eigenvalue weighted by atomic mass is 10.3. The van der Waals surface area contributed by atoms with Crippen LogP contribution in [0.3, 0.4) is 0 Å². The Morgan fingerprint density at radius 1 is 1.60 bits per heavy atom. The van der Waals surface area contributed by atoms with Crippen molar-refractivity contribution >= 4 is 22.7 Å². The Labute approximate surface area is 66.0 Å².